The van der Waals surface area contributed by atoms with E-state index in [0.29, 0.717) is 34.3 Å². The zero-order chi connectivity index (χ0) is 15.9. The molecule has 0 unspecified atom stereocenters. The fourth-order valence-corrected chi connectivity index (χ4v) is 2.24. The van der Waals surface area contributed by atoms with Gasteiger partial charge in [-0.2, -0.15) is 5.26 Å². The number of hydrogen-bond donors (Lipinski definition) is 2. The van der Waals surface area contributed by atoms with Gasteiger partial charge in [0.2, 0.25) is 5.91 Å². The van der Waals surface area contributed by atoms with Crippen molar-refractivity contribution in [2.45, 2.75) is 6.42 Å². The molecule has 2 aromatic carbocycles. The van der Waals surface area contributed by atoms with E-state index in [1.54, 1.807) is 42.5 Å². The van der Waals surface area contributed by atoms with E-state index in [-0.39, 0.29) is 5.91 Å². The first-order valence-corrected chi connectivity index (χ1v) is 7.33. The first kappa shape index (κ1) is 16.2. The molecule has 1 amide bonds. The zero-order valence-corrected chi connectivity index (χ0v) is 13.1. The van der Waals surface area contributed by atoms with E-state index in [4.69, 9.17) is 28.5 Å². The molecular formula is C16H13Cl2N3O. The van der Waals surface area contributed by atoms with Crippen molar-refractivity contribution in [1.29, 1.82) is 5.26 Å². The summed E-state index contributed by atoms with van der Waals surface area (Å²) in [6.45, 7) is 0.475. The highest BCUT2D eigenvalue weighted by atomic mass is 35.5. The molecule has 0 spiro atoms. The number of nitrogens with one attached hydrogen (secondary N) is 2. The Labute approximate surface area is 138 Å². The molecule has 0 radical (unpaired) electrons. The Morgan fingerprint density at radius 3 is 2.50 bits per heavy atom. The lowest BCUT2D eigenvalue weighted by molar-refractivity contribution is -0.115. The average molecular weight is 334 g/mol. The molecular weight excluding hydrogens is 321 g/mol. The highest BCUT2D eigenvalue weighted by molar-refractivity contribution is 6.36. The molecule has 0 bridgehead atoms. The molecule has 4 nitrogen and oxygen atoms in total. The van der Waals surface area contributed by atoms with Gasteiger partial charge >= 0.3 is 0 Å². The second kappa shape index (κ2) is 7.69. The molecule has 0 atom stereocenters. The minimum atomic E-state index is -0.148. The van der Waals surface area contributed by atoms with Crippen LogP contribution in [-0.2, 0) is 4.79 Å². The average Bonchev–Trinajstić information content (AvgIpc) is 2.51. The van der Waals surface area contributed by atoms with E-state index in [0.717, 1.165) is 5.69 Å². The molecule has 0 saturated carbocycles. The van der Waals surface area contributed by atoms with Crippen molar-refractivity contribution < 1.29 is 4.79 Å². The normalized spacial score (nSPS) is 9.86. The molecule has 2 rings (SSSR count). The number of hydrogen-bond acceptors (Lipinski definition) is 3. The Bertz CT molecular complexity index is 708. The fraction of sp³-hybridized carbons (Fsp3) is 0.125. The molecule has 2 aromatic rings. The van der Waals surface area contributed by atoms with E-state index in [1.807, 2.05) is 0 Å². The topological polar surface area (TPSA) is 64.9 Å². The molecule has 112 valence electrons. The Kier molecular flexibility index (Phi) is 5.65. The monoisotopic (exact) mass is 333 g/mol. The molecule has 0 heterocycles. The van der Waals surface area contributed by atoms with Crippen molar-refractivity contribution in [1.82, 2.24) is 0 Å². The minimum Gasteiger partial charge on any atom is -0.385 e. The summed E-state index contributed by atoms with van der Waals surface area (Å²) in [4.78, 5) is 11.9. The van der Waals surface area contributed by atoms with Crippen LogP contribution in [0.5, 0.6) is 0 Å². The van der Waals surface area contributed by atoms with Gasteiger partial charge in [-0.05, 0) is 42.5 Å². The lowest BCUT2D eigenvalue weighted by atomic mass is 10.2. The number of rotatable bonds is 5. The van der Waals surface area contributed by atoms with Crippen LogP contribution < -0.4 is 10.6 Å². The standard InChI is InChI=1S/C16H13Cl2N3O/c17-12-3-6-15(14(18)9-12)21-16(22)7-8-20-13-4-1-11(10-19)2-5-13/h1-6,9,20H,7-8H2,(H,21,22). The first-order valence-electron chi connectivity index (χ1n) is 6.57. The number of anilines is 2. The van der Waals surface area contributed by atoms with E-state index >= 15 is 0 Å². The van der Waals surface area contributed by atoms with E-state index in [2.05, 4.69) is 16.7 Å². The third-order valence-corrected chi connectivity index (χ3v) is 3.45. The number of halogens is 2. The van der Waals surface area contributed by atoms with Crippen LogP contribution in [0.2, 0.25) is 10.0 Å². The van der Waals surface area contributed by atoms with Crippen molar-refractivity contribution in [2.24, 2.45) is 0 Å². The first-order chi connectivity index (χ1) is 10.6. The van der Waals surface area contributed by atoms with Crippen molar-refractivity contribution in [3.8, 4) is 6.07 Å². The molecule has 0 saturated heterocycles. The predicted molar refractivity (Wildman–Crippen MR) is 89.4 cm³/mol. The van der Waals surface area contributed by atoms with Gasteiger partial charge in [0.1, 0.15) is 0 Å². The van der Waals surface area contributed by atoms with Crippen molar-refractivity contribution in [3.05, 3.63) is 58.1 Å². The highest BCUT2D eigenvalue weighted by Crippen LogP contribution is 2.25. The van der Waals surface area contributed by atoms with Crippen molar-refractivity contribution in [2.75, 3.05) is 17.2 Å². The molecule has 22 heavy (non-hydrogen) atoms. The van der Waals surface area contributed by atoms with Crippen molar-refractivity contribution in [3.63, 3.8) is 0 Å². The summed E-state index contributed by atoms with van der Waals surface area (Å²) in [5, 5.41) is 15.5. The Balaban J connectivity index is 1.81. The number of nitriles is 1. The maximum atomic E-state index is 11.9. The third kappa shape index (κ3) is 4.66. The second-order valence-corrected chi connectivity index (χ2v) is 5.38. The number of carbonyl (C=O) groups excluding carboxylic acids is 1. The maximum Gasteiger partial charge on any atom is 0.226 e. The van der Waals surface area contributed by atoms with Crippen LogP contribution in [0.3, 0.4) is 0 Å². The third-order valence-electron chi connectivity index (χ3n) is 2.90. The largest absolute Gasteiger partial charge is 0.385 e. The Morgan fingerprint density at radius 1 is 1.14 bits per heavy atom. The van der Waals surface area contributed by atoms with Gasteiger partial charge in [0.25, 0.3) is 0 Å². The lowest BCUT2D eigenvalue weighted by Crippen LogP contribution is -2.16. The van der Waals surface area contributed by atoms with Crippen LogP contribution in [0.25, 0.3) is 0 Å². The highest BCUT2D eigenvalue weighted by Gasteiger charge is 2.06. The summed E-state index contributed by atoms with van der Waals surface area (Å²) >= 11 is 11.8. The lowest BCUT2D eigenvalue weighted by Gasteiger charge is -2.09. The molecule has 0 aliphatic rings. The van der Waals surface area contributed by atoms with E-state index in [9.17, 15) is 4.79 Å². The molecule has 0 aliphatic carbocycles. The van der Waals surface area contributed by atoms with E-state index < -0.39 is 0 Å². The van der Waals surface area contributed by atoms with Crippen LogP contribution >= 0.6 is 23.2 Å². The summed E-state index contributed by atoms with van der Waals surface area (Å²) in [6.07, 6.45) is 0.291. The van der Waals surface area contributed by atoms with Gasteiger partial charge < -0.3 is 10.6 Å². The van der Waals surface area contributed by atoms with E-state index in [1.165, 1.54) is 0 Å². The quantitative estimate of drug-likeness (QED) is 0.856. The molecule has 0 fully saturated rings. The number of carbonyl (C=O) groups is 1. The van der Waals surface area contributed by atoms with Gasteiger partial charge in [0, 0.05) is 23.7 Å². The predicted octanol–water partition coefficient (Wildman–Crippen LogP) is 4.31. The zero-order valence-electron chi connectivity index (χ0n) is 11.6. The minimum absolute atomic E-state index is 0.148. The molecule has 6 heteroatoms. The fourth-order valence-electron chi connectivity index (χ4n) is 1.79. The number of amides is 1. The summed E-state index contributed by atoms with van der Waals surface area (Å²) in [5.74, 6) is -0.148. The number of nitrogens with zero attached hydrogens (tertiary/aromatic N) is 1. The molecule has 2 N–H and O–H groups in total. The van der Waals surface area contributed by atoms with Crippen LogP contribution in [-0.4, -0.2) is 12.5 Å². The van der Waals surface area contributed by atoms with Gasteiger partial charge in [-0.1, -0.05) is 23.2 Å². The van der Waals surface area contributed by atoms with Crippen molar-refractivity contribution >= 4 is 40.5 Å². The Morgan fingerprint density at radius 2 is 1.86 bits per heavy atom. The summed E-state index contributed by atoms with van der Waals surface area (Å²) in [5.41, 5.74) is 1.99. The van der Waals surface area contributed by atoms with Crippen LogP contribution in [0, 0.1) is 11.3 Å². The summed E-state index contributed by atoms with van der Waals surface area (Å²) < 4.78 is 0. The van der Waals surface area contributed by atoms with Crippen LogP contribution in [0.4, 0.5) is 11.4 Å². The summed E-state index contributed by atoms with van der Waals surface area (Å²) in [6, 6.07) is 14.0. The van der Waals surface area contributed by atoms with Gasteiger partial charge in [-0.3, -0.25) is 4.79 Å². The van der Waals surface area contributed by atoms with Gasteiger partial charge in [-0.15, -0.1) is 0 Å². The van der Waals surface area contributed by atoms with Gasteiger partial charge in [-0.25, -0.2) is 0 Å². The summed E-state index contributed by atoms with van der Waals surface area (Å²) in [7, 11) is 0. The molecule has 0 aromatic heterocycles. The SMILES string of the molecule is N#Cc1ccc(NCCC(=O)Nc2ccc(Cl)cc2Cl)cc1. The van der Waals surface area contributed by atoms with Gasteiger partial charge in [0.15, 0.2) is 0 Å². The number of benzene rings is 2. The molecule has 0 aliphatic heterocycles. The Hall–Kier alpha value is -2.22. The maximum absolute atomic E-state index is 11.9. The van der Waals surface area contributed by atoms with Crippen LogP contribution in [0.15, 0.2) is 42.5 Å². The van der Waals surface area contributed by atoms with Gasteiger partial charge in [0.05, 0.1) is 22.3 Å². The second-order valence-electron chi connectivity index (χ2n) is 4.54. The van der Waals surface area contributed by atoms with Crippen LogP contribution in [0.1, 0.15) is 12.0 Å². The smallest absolute Gasteiger partial charge is 0.226 e.